The first kappa shape index (κ1) is 19.1. The molecule has 0 saturated carbocycles. The summed E-state index contributed by atoms with van der Waals surface area (Å²) in [6.07, 6.45) is 0. The second-order valence-electron chi connectivity index (χ2n) is 6.27. The molecule has 1 amide bonds. The van der Waals surface area contributed by atoms with Crippen molar-refractivity contribution in [1.29, 1.82) is 0 Å². The molecule has 27 heavy (non-hydrogen) atoms. The average Bonchev–Trinajstić information content (AvgIpc) is 2.70. The Morgan fingerprint density at radius 3 is 2.70 bits per heavy atom. The average molecular weight is 372 g/mol. The van der Waals surface area contributed by atoms with Crippen LogP contribution in [0, 0.1) is 0 Å². The Labute approximate surface area is 157 Å². The molecule has 1 aromatic heterocycles. The topological polar surface area (TPSA) is 85.7 Å². The van der Waals surface area contributed by atoms with Crippen LogP contribution in [0.1, 0.15) is 11.3 Å². The highest BCUT2D eigenvalue weighted by atomic mass is 16.5. The van der Waals surface area contributed by atoms with E-state index in [0.717, 1.165) is 5.56 Å². The van der Waals surface area contributed by atoms with E-state index in [1.165, 1.54) is 10.6 Å². The Morgan fingerprint density at radius 1 is 1.26 bits per heavy atom. The van der Waals surface area contributed by atoms with E-state index < -0.39 is 0 Å². The van der Waals surface area contributed by atoms with Crippen LogP contribution in [0.4, 0.5) is 5.95 Å². The normalized spacial score (nSPS) is 14.2. The Morgan fingerprint density at radius 2 is 2.00 bits per heavy atom. The molecular weight excluding hydrogens is 348 g/mol. The minimum absolute atomic E-state index is 0.0847. The van der Waals surface area contributed by atoms with Crippen molar-refractivity contribution >= 4 is 11.9 Å². The van der Waals surface area contributed by atoms with E-state index in [4.69, 9.17) is 9.47 Å². The summed E-state index contributed by atoms with van der Waals surface area (Å²) in [7, 11) is 1.55. The first-order valence-electron chi connectivity index (χ1n) is 8.90. The molecule has 1 saturated heterocycles. The fourth-order valence-corrected chi connectivity index (χ4v) is 2.91. The molecule has 0 bridgehead atoms. The molecular formula is C19H24N4O4. The van der Waals surface area contributed by atoms with Crippen molar-refractivity contribution < 1.29 is 14.3 Å². The maximum atomic E-state index is 12.6. The summed E-state index contributed by atoms with van der Waals surface area (Å²) < 4.78 is 11.9. The van der Waals surface area contributed by atoms with Crippen LogP contribution in [0.15, 0.2) is 41.2 Å². The summed E-state index contributed by atoms with van der Waals surface area (Å²) in [4.78, 5) is 31.5. The minimum Gasteiger partial charge on any atom is -0.378 e. The zero-order valence-corrected chi connectivity index (χ0v) is 15.4. The molecule has 1 aliphatic rings. The van der Waals surface area contributed by atoms with E-state index in [1.807, 2.05) is 35.2 Å². The van der Waals surface area contributed by atoms with Crippen molar-refractivity contribution in [2.75, 3.05) is 38.3 Å². The van der Waals surface area contributed by atoms with Gasteiger partial charge in [0.1, 0.15) is 6.54 Å². The molecule has 1 aromatic carbocycles. The number of anilines is 1. The number of nitrogens with zero attached hydrogens (tertiary/aromatic N) is 3. The van der Waals surface area contributed by atoms with Gasteiger partial charge in [0.25, 0.3) is 5.56 Å². The second-order valence-corrected chi connectivity index (χ2v) is 6.27. The third-order valence-corrected chi connectivity index (χ3v) is 4.26. The summed E-state index contributed by atoms with van der Waals surface area (Å²) in [6.45, 7) is 2.93. The SMILES string of the molecule is COCc1cc(=O)n(CC(=O)NCc2ccccc2)c(N2CCOCC2)n1. The molecule has 0 radical (unpaired) electrons. The van der Waals surface area contributed by atoms with Crippen LogP contribution in [-0.4, -0.2) is 48.9 Å². The number of amides is 1. The van der Waals surface area contributed by atoms with Crippen LogP contribution in [0.5, 0.6) is 0 Å². The molecule has 8 heteroatoms. The van der Waals surface area contributed by atoms with E-state index in [1.54, 1.807) is 7.11 Å². The van der Waals surface area contributed by atoms with Gasteiger partial charge < -0.3 is 19.7 Å². The Kier molecular flexibility index (Phi) is 6.56. The number of benzene rings is 1. The summed E-state index contributed by atoms with van der Waals surface area (Å²) in [5.41, 5.74) is 1.28. The van der Waals surface area contributed by atoms with E-state index in [9.17, 15) is 9.59 Å². The third-order valence-electron chi connectivity index (χ3n) is 4.26. The lowest BCUT2D eigenvalue weighted by Crippen LogP contribution is -2.42. The fraction of sp³-hybridized carbons (Fsp3) is 0.421. The lowest BCUT2D eigenvalue weighted by Gasteiger charge is -2.29. The van der Waals surface area contributed by atoms with Gasteiger partial charge in [0.2, 0.25) is 11.9 Å². The number of morpholine rings is 1. The van der Waals surface area contributed by atoms with Gasteiger partial charge in [0.05, 0.1) is 25.5 Å². The van der Waals surface area contributed by atoms with Crippen LogP contribution < -0.4 is 15.8 Å². The van der Waals surface area contributed by atoms with Crippen molar-refractivity contribution in [3.05, 3.63) is 58.0 Å². The van der Waals surface area contributed by atoms with Gasteiger partial charge in [-0.2, -0.15) is 0 Å². The van der Waals surface area contributed by atoms with E-state index in [0.29, 0.717) is 44.5 Å². The molecule has 0 aliphatic carbocycles. The summed E-state index contributed by atoms with van der Waals surface area (Å²) in [6, 6.07) is 11.0. The molecule has 0 unspecified atom stereocenters. The predicted molar refractivity (Wildman–Crippen MR) is 101 cm³/mol. The number of ether oxygens (including phenoxy) is 2. The number of aromatic nitrogens is 2. The molecule has 1 aliphatic heterocycles. The first-order valence-corrected chi connectivity index (χ1v) is 8.90. The number of hydrogen-bond donors (Lipinski definition) is 1. The number of hydrogen-bond acceptors (Lipinski definition) is 6. The first-order chi connectivity index (χ1) is 13.2. The Hall–Kier alpha value is -2.71. The van der Waals surface area contributed by atoms with Crippen LogP contribution >= 0.6 is 0 Å². The van der Waals surface area contributed by atoms with Crippen molar-refractivity contribution in [1.82, 2.24) is 14.9 Å². The van der Waals surface area contributed by atoms with Crippen molar-refractivity contribution in [2.45, 2.75) is 19.7 Å². The number of nitrogens with one attached hydrogen (secondary N) is 1. The van der Waals surface area contributed by atoms with Crippen LogP contribution in [-0.2, 0) is 34.0 Å². The molecule has 1 fully saturated rings. The van der Waals surface area contributed by atoms with Crippen molar-refractivity contribution in [2.24, 2.45) is 0 Å². The highest BCUT2D eigenvalue weighted by Gasteiger charge is 2.20. The van der Waals surface area contributed by atoms with Gasteiger partial charge >= 0.3 is 0 Å². The second kappa shape index (κ2) is 9.29. The molecule has 2 heterocycles. The standard InChI is InChI=1S/C19H24N4O4/c1-26-14-16-11-18(25)23(19(21-16)22-7-9-27-10-8-22)13-17(24)20-12-15-5-3-2-4-6-15/h2-6,11H,7-10,12-14H2,1H3,(H,20,24). The lowest BCUT2D eigenvalue weighted by molar-refractivity contribution is -0.121. The molecule has 0 atom stereocenters. The van der Waals surface area contributed by atoms with Gasteiger partial charge in [-0.05, 0) is 5.56 Å². The highest BCUT2D eigenvalue weighted by molar-refractivity contribution is 5.76. The number of methoxy groups -OCH3 is 1. The van der Waals surface area contributed by atoms with Crippen LogP contribution in [0.2, 0.25) is 0 Å². The van der Waals surface area contributed by atoms with Gasteiger partial charge in [-0.3, -0.25) is 14.2 Å². The van der Waals surface area contributed by atoms with Crippen molar-refractivity contribution in [3.63, 3.8) is 0 Å². The monoisotopic (exact) mass is 372 g/mol. The Bertz CT molecular complexity index is 816. The maximum absolute atomic E-state index is 12.6. The zero-order valence-electron chi connectivity index (χ0n) is 15.4. The largest absolute Gasteiger partial charge is 0.378 e. The fourth-order valence-electron chi connectivity index (χ4n) is 2.91. The molecule has 144 valence electrons. The highest BCUT2D eigenvalue weighted by Crippen LogP contribution is 2.12. The predicted octanol–water partition coefficient (Wildman–Crippen LogP) is 0.543. The van der Waals surface area contributed by atoms with Gasteiger partial charge in [0.15, 0.2) is 0 Å². The summed E-state index contributed by atoms with van der Waals surface area (Å²) in [5, 5.41) is 2.85. The molecule has 1 N–H and O–H groups in total. The van der Waals surface area contributed by atoms with Crippen molar-refractivity contribution in [3.8, 4) is 0 Å². The van der Waals surface area contributed by atoms with Crippen LogP contribution in [0.3, 0.4) is 0 Å². The quantitative estimate of drug-likeness (QED) is 0.764. The Balaban J connectivity index is 1.78. The molecule has 0 spiro atoms. The molecule has 8 nitrogen and oxygen atoms in total. The van der Waals surface area contributed by atoms with Gasteiger partial charge in [0, 0.05) is 32.8 Å². The third kappa shape index (κ3) is 5.15. The summed E-state index contributed by atoms with van der Waals surface area (Å²) >= 11 is 0. The lowest BCUT2D eigenvalue weighted by atomic mass is 10.2. The van der Waals surface area contributed by atoms with E-state index in [2.05, 4.69) is 10.3 Å². The van der Waals surface area contributed by atoms with Crippen LogP contribution in [0.25, 0.3) is 0 Å². The van der Waals surface area contributed by atoms with E-state index >= 15 is 0 Å². The maximum Gasteiger partial charge on any atom is 0.255 e. The zero-order chi connectivity index (χ0) is 19.1. The number of carbonyl (C=O) groups is 1. The molecule has 3 rings (SSSR count). The number of rotatable bonds is 7. The summed E-state index contributed by atoms with van der Waals surface area (Å²) in [5.74, 6) is 0.240. The smallest absolute Gasteiger partial charge is 0.255 e. The number of carbonyl (C=O) groups excluding carboxylic acids is 1. The molecule has 2 aromatic rings. The van der Waals surface area contributed by atoms with Gasteiger partial charge in [-0.15, -0.1) is 0 Å². The van der Waals surface area contributed by atoms with Gasteiger partial charge in [-0.1, -0.05) is 30.3 Å². The van der Waals surface area contributed by atoms with E-state index in [-0.39, 0.29) is 24.6 Å². The minimum atomic E-state index is -0.270. The van der Waals surface area contributed by atoms with Gasteiger partial charge in [-0.25, -0.2) is 4.98 Å².